The summed E-state index contributed by atoms with van der Waals surface area (Å²) < 4.78 is 72.1. The Hall–Kier alpha value is -6.53. The van der Waals surface area contributed by atoms with Crippen LogP contribution in [-0.4, -0.2) is 6.36 Å². The molecule has 0 amide bonds. The van der Waals surface area contributed by atoms with E-state index in [1.165, 1.54) is 17.4 Å². The number of ether oxygens (including phenoxy) is 1. The fourth-order valence-electron chi connectivity index (χ4n) is 6.34. The van der Waals surface area contributed by atoms with Crippen molar-refractivity contribution in [1.29, 1.82) is 10.5 Å². The fraction of sp³-hybridized carbons (Fsp3) is 0.0526. The minimum Gasteiger partial charge on any atom is -0.406 e. The monoisotopic (exact) mass is 670 g/mol. The van der Waals surface area contributed by atoms with Crippen molar-refractivity contribution in [2.75, 3.05) is 0 Å². The summed E-state index contributed by atoms with van der Waals surface area (Å²) in [5.74, 6) is -2.12. The number of aryl methyl sites for hydroxylation is 1. The number of hydrogen-bond donors (Lipinski definition) is 0. The van der Waals surface area contributed by atoms with Gasteiger partial charge in [-0.05, 0) is 76.2 Å². The van der Waals surface area contributed by atoms with Crippen molar-refractivity contribution >= 4 is 22.5 Å². The molecule has 234 valence electrons. The third-order valence-corrected chi connectivity index (χ3v) is 9.53. The predicted molar refractivity (Wildman–Crippen MR) is 174 cm³/mol. The van der Waals surface area contributed by atoms with Crippen molar-refractivity contribution in [3.63, 3.8) is 0 Å². The van der Waals surface area contributed by atoms with Crippen LogP contribution in [0.4, 0.5) is 22.0 Å². The van der Waals surface area contributed by atoms with Gasteiger partial charge < -0.3 is 4.74 Å². The number of benzene rings is 4. The summed E-state index contributed by atoms with van der Waals surface area (Å²) >= 11 is 1.20. The van der Waals surface area contributed by atoms with Crippen LogP contribution < -0.4 is 4.74 Å². The topological polar surface area (TPSA) is 65.5 Å². The SMILES string of the molecule is [C-]#[N+]/C(C#N)=C1/c2cc(-c3ccc(OC(F)(F)F)cc3F)ccc2-c2c1sc1c2-c2ccc(-c3ccc(C)cc3F)cc2/C1=C(/C#N)[N+]#[C-]. The molecule has 1 aromatic heterocycles. The molecule has 0 spiro atoms. The standard InChI is InChI=1S/C38H15F5N4OS/c1-18-4-8-22(28(39)12-18)19-5-9-24-26(13-19)32(30(16-44)46-2)36-34(24)35-25-10-6-20(14-27(25)33(37(35)49-36)31(17-45)47-3)23-11-7-21(15-29(23)40)48-38(41,42)43/h4-15H,1H3/b32-30+,33-31-. The van der Waals surface area contributed by atoms with E-state index in [1.54, 1.807) is 55.5 Å². The van der Waals surface area contributed by atoms with Crippen LogP contribution in [0.5, 0.6) is 5.75 Å². The van der Waals surface area contributed by atoms with Gasteiger partial charge in [0.25, 0.3) is 11.4 Å². The highest BCUT2D eigenvalue weighted by Crippen LogP contribution is 2.62. The molecule has 2 aliphatic carbocycles. The first kappa shape index (κ1) is 31.1. The highest BCUT2D eigenvalue weighted by Gasteiger charge is 2.39. The molecule has 0 N–H and O–H groups in total. The van der Waals surface area contributed by atoms with Gasteiger partial charge >= 0.3 is 6.36 Å². The molecule has 11 heteroatoms. The number of nitriles is 2. The van der Waals surface area contributed by atoms with Gasteiger partial charge in [0.05, 0.1) is 25.3 Å². The summed E-state index contributed by atoms with van der Waals surface area (Å²) in [4.78, 5) is 8.07. The minimum absolute atomic E-state index is 0.0272. The lowest BCUT2D eigenvalue weighted by molar-refractivity contribution is -0.274. The molecular weight excluding hydrogens is 656 g/mol. The molecule has 0 fully saturated rings. The zero-order valence-corrected chi connectivity index (χ0v) is 25.7. The highest BCUT2D eigenvalue weighted by molar-refractivity contribution is 7.16. The Morgan fingerprint density at radius 1 is 0.673 bits per heavy atom. The molecule has 0 aliphatic heterocycles. The Kier molecular flexibility index (Phi) is 7.18. The average molecular weight is 671 g/mol. The van der Waals surface area contributed by atoms with Crippen LogP contribution in [0.15, 0.2) is 84.2 Å². The molecule has 0 atom stereocenters. The zero-order chi connectivity index (χ0) is 34.8. The maximum absolute atomic E-state index is 15.1. The predicted octanol–water partition coefficient (Wildman–Crippen LogP) is 10.9. The number of thiophene rings is 1. The van der Waals surface area contributed by atoms with Crippen molar-refractivity contribution in [3.05, 3.63) is 145 Å². The normalized spacial score (nSPS) is 14.3. The number of halogens is 5. The lowest BCUT2D eigenvalue weighted by Crippen LogP contribution is -2.17. The molecule has 0 unspecified atom stereocenters. The van der Waals surface area contributed by atoms with E-state index >= 15 is 8.78 Å². The summed E-state index contributed by atoms with van der Waals surface area (Å²) in [6, 6.07) is 21.7. The molecule has 0 bridgehead atoms. The van der Waals surface area contributed by atoms with E-state index in [-0.39, 0.29) is 28.1 Å². The van der Waals surface area contributed by atoms with E-state index in [0.717, 1.165) is 17.7 Å². The Labute approximate surface area is 279 Å². The number of allylic oxidation sites excluding steroid dienone is 2. The Morgan fingerprint density at radius 2 is 1.14 bits per heavy atom. The molecule has 5 nitrogen and oxygen atoms in total. The maximum Gasteiger partial charge on any atom is 0.573 e. The van der Waals surface area contributed by atoms with Crippen LogP contribution in [-0.2, 0) is 0 Å². The van der Waals surface area contributed by atoms with Gasteiger partial charge in [-0.1, -0.05) is 36.4 Å². The average Bonchev–Trinajstić information content (AvgIpc) is 3.68. The summed E-state index contributed by atoms with van der Waals surface area (Å²) in [5, 5.41) is 20.0. The van der Waals surface area contributed by atoms with Crippen molar-refractivity contribution in [3.8, 4) is 62.4 Å². The molecule has 0 saturated heterocycles. The molecule has 1 heterocycles. The Morgan fingerprint density at radius 3 is 1.57 bits per heavy atom. The van der Waals surface area contributed by atoms with Crippen molar-refractivity contribution in [1.82, 2.24) is 0 Å². The third kappa shape index (κ3) is 4.93. The third-order valence-electron chi connectivity index (χ3n) is 8.31. The molecule has 49 heavy (non-hydrogen) atoms. The Bertz CT molecular complexity index is 2520. The Balaban J connectivity index is 1.46. The molecule has 0 saturated carbocycles. The van der Waals surface area contributed by atoms with E-state index in [0.29, 0.717) is 65.9 Å². The fourth-order valence-corrected chi connectivity index (χ4v) is 7.79. The number of alkyl halides is 3. The smallest absolute Gasteiger partial charge is 0.406 e. The van der Waals surface area contributed by atoms with Crippen LogP contribution in [0, 0.1) is 54.4 Å². The summed E-state index contributed by atoms with van der Waals surface area (Å²) in [7, 11) is 0. The minimum atomic E-state index is -5.00. The van der Waals surface area contributed by atoms with Gasteiger partial charge in [-0.2, -0.15) is 0 Å². The van der Waals surface area contributed by atoms with Gasteiger partial charge in [0.1, 0.15) is 17.4 Å². The first-order valence-corrected chi connectivity index (χ1v) is 15.1. The van der Waals surface area contributed by atoms with E-state index in [2.05, 4.69) is 14.4 Å². The summed E-state index contributed by atoms with van der Waals surface area (Å²) in [6.07, 6.45) is -5.00. The lowest BCUT2D eigenvalue weighted by Gasteiger charge is -2.12. The van der Waals surface area contributed by atoms with Crippen molar-refractivity contribution < 1.29 is 26.7 Å². The maximum atomic E-state index is 15.1. The first-order valence-electron chi connectivity index (χ1n) is 14.3. The van der Waals surface area contributed by atoms with Crippen LogP contribution in [0.1, 0.15) is 26.4 Å². The van der Waals surface area contributed by atoms with Gasteiger partial charge in [-0.25, -0.2) is 29.0 Å². The quantitative estimate of drug-likeness (QED) is 0.107. The van der Waals surface area contributed by atoms with E-state index in [1.807, 2.05) is 12.1 Å². The van der Waals surface area contributed by atoms with Crippen LogP contribution in [0.25, 0.3) is 65.3 Å². The van der Waals surface area contributed by atoms with Gasteiger partial charge in [-0.3, -0.25) is 0 Å². The number of rotatable bonds is 3. The van der Waals surface area contributed by atoms with Gasteiger partial charge in [0.2, 0.25) is 0 Å². The second-order valence-electron chi connectivity index (χ2n) is 11.1. The van der Waals surface area contributed by atoms with E-state index < -0.39 is 23.7 Å². The van der Waals surface area contributed by atoms with Crippen molar-refractivity contribution in [2.45, 2.75) is 13.3 Å². The van der Waals surface area contributed by atoms with E-state index in [9.17, 15) is 23.7 Å². The number of hydrogen-bond acceptors (Lipinski definition) is 4. The summed E-state index contributed by atoms with van der Waals surface area (Å²) in [6.45, 7) is 17.3. The second kappa shape index (κ2) is 11.3. The zero-order valence-electron chi connectivity index (χ0n) is 24.9. The van der Waals surface area contributed by atoms with Crippen LogP contribution in [0.3, 0.4) is 0 Å². The van der Waals surface area contributed by atoms with E-state index in [4.69, 9.17) is 13.1 Å². The largest absolute Gasteiger partial charge is 0.573 e. The highest BCUT2D eigenvalue weighted by atomic mass is 32.1. The summed E-state index contributed by atoms with van der Waals surface area (Å²) in [5.41, 5.74) is 5.69. The second-order valence-corrected chi connectivity index (χ2v) is 12.1. The van der Waals surface area contributed by atoms with Gasteiger partial charge in [0.15, 0.2) is 0 Å². The number of nitrogens with zero attached hydrogens (tertiary/aromatic N) is 4. The first-order chi connectivity index (χ1) is 23.5. The van der Waals surface area contributed by atoms with Gasteiger partial charge in [-0.15, -0.1) is 24.5 Å². The molecule has 5 aromatic rings. The van der Waals surface area contributed by atoms with Crippen LogP contribution in [0.2, 0.25) is 0 Å². The van der Waals surface area contributed by atoms with Crippen LogP contribution >= 0.6 is 11.3 Å². The molecule has 0 radical (unpaired) electrons. The van der Waals surface area contributed by atoms with Crippen molar-refractivity contribution in [2.24, 2.45) is 0 Å². The molecule has 4 aromatic carbocycles. The lowest BCUT2D eigenvalue weighted by atomic mass is 9.94. The van der Waals surface area contributed by atoms with Gasteiger partial charge in [0, 0.05) is 49.2 Å². The molecule has 7 rings (SSSR count). The number of fused-ring (bicyclic) bond motifs is 7. The molecule has 2 aliphatic rings. The molecular formula is C38H15F5N4OS.